The number of likely N-dealkylation sites (N-methyl/N-ethyl adjacent to an activating group) is 1. The highest BCUT2D eigenvalue weighted by atomic mass is 16.2. The number of imidazole rings is 1. The first kappa shape index (κ1) is 14.6. The molecule has 0 spiro atoms. The van der Waals surface area contributed by atoms with Gasteiger partial charge in [-0.1, -0.05) is 13.3 Å². The first-order chi connectivity index (χ1) is 10.3. The van der Waals surface area contributed by atoms with Crippen LogP contribution < -0.4 is 5.32 Å². The lowest BCUT2D eigenvalue weighted by Crippen LogP contribution is -2.50. The third kappa shape index (κ3) is 3.28. The number of hydrogen-bond donors (Lipinski definition) is 1. The molecule has 1 saturated heterocycles. The molecule has 3 heterocycles. The number of aromatic nitrogens is 2. The van der Waals surface area contributed by atoms with Crippen molar-refractivity contribution in [2.24, 2.45) is 5.92 Å². The Morgan fingerprint density at radius 1 is 1.38 bits per heavy atom. The van der Waals surface area contributed by atoms with Crippen molar-refractivity contribution >= 4 is 5.91 Å². The first-order valence-electron chi connectivity index (χ1n) is 8.29. The molecule has 2 aliphatic rings. The fraction of sp³-hybridized carbons (Fsp3) is 0.750. The molecule has 0 saturated carbocycles. The van der Waals surface area contributed by atoms with E-state index in [1.54, 1.807) is 0 Å². The van der Waals surface area contributed by atoms with Gasteiger partial charge in [0.25, 0.3) is 0 Å². The number of amides is 1. The van der Waals surface area contributed by atoms with E-state index in [0.29, 0.717) is 5.92 Å². The molecular formula is C16H26N4O. The molecule has 2 atom stereocenters. The van der Waals surface area contributed by atoms with E-state index in [9.17, 15) is 4.79 Å². The number of nitrogens with one attached hydrogen (secondary N) is 1. The zero-order valence-electron chi connectivity index (χ0n) is 12.9. The molecule has 1 aromatic rings. The maximum absolute atomic E-state index is 12.4. The number of nitrogens with zero attached hydrogens (tertiary/aromatic N) is 3. The van der Waals surface area contributed by atoms with Gasteiger partial charge >= 0.3 is 0 Å². The maximum Gasteiger partial charge on any atom is 0.237 e. The minimum Gasteiger partial charge on any atom is -0.354 e. The standard InChI is InChI=1S/C16H26N4O/c1-2-19-8-4-3-5-14(19)16(21)18-12-13-6-9-20-10-7-17-15(20)11-13/h7,10,13-14H,2-6,8-9,11-12H2,1H3,(H,18,21)/t13-,14-/m0/s1. The van der Waals surface area contributed by atoms with Gasteiger partial charge in [-0.25, -0.2) is 4.98 Å². The summed E-state index contributed by atoms with van der Waals surface area (Å²) in [6, 6.07) is 0.0920. The van der Waals surface area contributed by atoms with Gasteiger partial charge in [0, 0.05) is 31.9 Å². The van der Waals surface area contributed by atoms with E-state index in [2.05, 4.69) is 26.7 Å². The van der Waals surface area contributed by atoms with Crippen LogP contribution in [0.25, 0.3) is 0 Å². The van der Waals surface area contributed by atoms with Crippen LogP contribution in [-0.4, -0.2) is 46.0 Å². The average Bonchev–Trinajstić information content (AvgIpc) is 3.00. The van der Waals surface area contributed by atoms with Crippen LogP contribution in [0.3, 0.4) is 0 Å². The molecule has 0 aromatic carbocycles. The second-order valence-corrected chi connectivity index (χ2v) is 6.28. The lowest BCUT2D eigenvalue weighted by molar-refractivity contribution is -0.127. The van der Waals surface area contributed by atoms with E-state index < -0.39 is 0 Å². The third-order valence-corrected chi connectivity index (χ3v) is 4.94. The van der Waals surface area contributed by atoms with Crippen molar-refractivity contribution in [3.05, 3.63) is 18.2 Å². The van der Waals surface area contributed by atoms with Crippen molar-refractivity contribution in [1.29, 1.82) is 0 Å². The number of carbonyl (C=O) groups excluding carboxylic acids is 1. The van der Waals surface area contributed by atoms with Crippen LogP contribution in [0.4, 0.5) is 0 Å². The van der Waals surface area contributed by atoms with Crippen LogP contribution >= 0.6 is 0 Å². The molecule has 0 bridgehead atoms. The van der Waals surface area contributed by atoms with Crippen LogP contribution in [0.1, 0.15) is 38.4 Å². The second kappa shape index (κ2) is 6.60. The summed E-state index contributed by atoms with van der Waals surface area (Å²) in [6.07, 6.45) is 9.44. The van der Waals surface area contributed by atoms with Gasteiger partial charge in [0.2, 0.25) is 5.91 Å². The Kier molecular flexibility index (Phi) is 4.58. The van der Waals surface area contributed by atoms with E-state index >= 15 is 0 Å². The minimum atomic E-state index is 0.0920. The number of hydrogen-bond acceptors (Lipinski definition) is 3. The number of aryl methyl sites for hydroxylation is 1. The van der Waals surface area contributed by atoms with Gasteiger partial charge in [0.05, 0.1) is 6.04 Å². The van der Waals surface area contributed by atoms with E-state index in [1.807, 2.05) is 12.4 Å². The number of carbonyl (C=O) groups is 1. The van der Waals surface area contributed by atoms with E-state index in [0.717, 1.165) is 51.3 Å². The fourth-order valence-electron chi connectivity index (χ4n) is 3.62. The lowest BCUT2D eigenvalue weighted by atomic mass is 9.97. The summed E-state index contributed by atoms with van der Waals surface area (Å²) in [6.45, 7) is 6.00. The summed E-state index contributed by atoms with van der Waals surface area (Å²) < 4.78 is 2.22. The molecule has 0 radical (unpaired) electrons. The molecule has 0 unspecified atom stereocenters. The summed E-state index contributed by atoms with van der Waals surface area (Å²) in [7, 11) is 0. The zero-order valence-corrected chi connectivity index (χ0v) is 12.9. The van der Waals surface area contributed by atoms with E-state index in [-0.39, 0.29) is 11.9 Å². The summed E-state index contributed by atoms with van der Waals surface area (Å²) in [5, 5.41) is 3.19. The van der Waals surface area contributed by atoms with Gasteiger partial charge < -0.3 is 9.88 Å². The monoisotopic (exact) mass is 290 g/mol. The molecule has 5 heteroatoms. The van der Waals surface area contributed by atoms with Gasteiger partial charge in [0.1, 0.15) is 5.82 Å². The van der Waals surface area contributed by atoms with Crippen LogP contribution in [0, 0.1) is 5.92 Å². The Bertz CT molecular complexity index is 484. The van der Waals surface area contributed by atoms with Crippen LogP contribution in [0.15, 0.2) is 12.4 Å². The molecular weight excluding hydrogens is 264 g/mol. The largest absolute Gasteiger partial charge is 0.354 e. The third-order valence-electron chi connectivity index (χ3n) is 4.94. The molecule has 2 aliphatic heterocycles. The van der Waals surface area contributed by atoms with Gasteiger partial charge in [-0.2, -0.15) is 0 Å². The van der Waals surface area contributed by atoms with Crippen molar-refractivity contribution in [3.8, 4) is 0 Å². The molecule has 5 nitrogen and oxygen atoms in total. The number of piperidine rings is 1. The van der Waals surface area contributed by atoms with Gasteiger partial charge in [-0.15, -0.1) is 0 Å². The maximum atomic E-state index is 12.4. The quantitative estimate of drug-likeness (QED) is 0.913. The Labute approximate surface area is 126 Å². The highest BCUT2D eigenvalue weighted by molar-refractivity contribution is 5.81. The minimum absolute atomic E-state index is 0.0920. The molecule has 1 fully saturated rings. The molecule has 116 valence electrons. The molecule has 21 heavy (non-hydrogen) atoms. The second-order valence-electron chi connectivity index (χ2n) is 6.28. The lowest BCUT2D eigenvalue weighted by Gasteiger charge is -2.34. The predicted molar refractivity (Wildman–Crippen MR) is 81.9 cm³/mol. The van der Waals surface area contributed by atoms with Crippen molar-refractivity contribution in [2.45, 2.75) is 51.6 Å². The van der Waals surface area contributed by atoms with Gasteiger partial charge in [0.15, 0.2) is 0 Å². The Balaban J connectivity index is 1.50. The summed E-state index contributed by atoms with van der Waals surface area (Å²) >= 11 is 0. The molecule has 1 N–H and O–H groups in total. The van der Waals surface area contributed by atoms with Gasteiger partial charge in [-0.3, -0.25) is 9.69 Å². The van der Waals surface area contributed by atoms with Crippen LogP contribution in [0.5, 0.6) is 0 Å². The fourth-order valence-corrected chi connectivity index (χ4v) is 3.62. The highest BCUT2D eigenvalue weighted by Gasteiger charge is 2.28. The van der Waals surface area contributed by atoms with Crippen molar-refractivity contribution in [2.75, 3.05) is 19.6 Å². The van der Waals surface area contributed by atoms with Gasteiger partial charge in [-0.05, 0) is 38.3 Å². The first-order valence-corrected chi connectivity index (χ1v) is 8.29. The zero-order chi connectivity index (χ0) is 14.7. The Morgan fingerprint density at radius 2 is 2.29 bits per heavy atom. The smallest absolute Gasteiger partial charge is 0.237 e. The summed E-state index contributed by atoms with van der Waals surface area (Å²) in [5.41, 5.74) is 0. The molecule has 1 amide bonds. The van der Waals surface area contributed by atoms with Crippen LogP contribution in [-0.2, 0) is 17.8 Å². The predicted octanol–water partition coefficient (Wildman–Crippen LogP) is 1.44. The number of likely N-dealkylation sites (tertiary alicyclic amines) is 1. The highest BCUT2D eigenvalue weighted by Crippen LogP contribution is 2.19. The topological polar surface area (TPSA) is 50.2 Å². The Hall–Kier alpha value is -1.36. The SMILES string of the molecule is CCN1CCCC[C@H]1C(=O)NC[C@H]1CCn2ccnc2C1. The molecule has 3 rings (SSSR count). The normalized spacial score (nSPS) is 26.3. The van der Waals surface area contributed by atoms with E-state index in [1.165, 1.54) is 12.8 Å². The number of fused-ring (bicyclic) bond motifs is 1. The van der Waals surface area contributed by atoms with Crippen molar-refractivity contribution in [1.82, 2.24) is 19.8 Å². The summed E-state index contributed by atoms with van der Waals surface area (Å²) in [5.74, 6) is 1.92. The summed E-state index contributed by atoms with van der Waals surface area (Å²) in [4.78, 5) is 19.1. The molecule has 1 aromatic heterocycles. The Morgan fingerprint density at radius 3 is 3.14 bits per heavy atom. The number of rotatable bonds is 4. The molecule has 0 aliphatic carbocycles. The van der Waals surface area contributed by atoms with E-state index in [4.69, 9.17) is 0 Å². The van der Waals surface area contributed by atoms with Crippen LogP contribution in [0.2, 0.25) is 0 Å². The average molecular weight is 290 g/mol. The van der Waals surface area contributed by atoms with Crippen molar-refractivity contribution in [3.63, 3.8) is 0 Å². The van der Waals surface area contributed by atoms with Crippen molar-refractivity contribution < 1.29 is 4.79 Å².